The Morgan fingerprint density at radius 3 is 2.96 bits per heavy atom. The van der Waals surface area contributed by atoms with Gasteiger partial charge in [-0.25, -0.2) is 0 Å². The lowest BCUT2D eigenvalue weighted by atomic mass is 9.82. The lowest BCUT2D eigenvalue weighted by Crippen LogP contribution is -2.31. The van der Waals surface area contributed by atoms with Gasteiger partial charge in [0.1, 0.15) is 5.75 Å². The predicted molar refractivity (Wildman–Crippen MR) is 89.5 cm³/mol. The van der Waals surface area contributed by atoms with Crippen LogP contribution in [-0.2, 0) is 11.3 Å². The van der Waals surface area contributed by atoms with E-state index in [1.54, 1.807) is 7.11 Å². The summed E-state index contributed by atoms with van der Waals surface area (Å²) < 4.78 is 11.8. The number of methoxy groups -OCH3 is 1. The van der Waals surface area contributed by atoms with E-state index in [1.807, 2.05) is 18.2 Å². The van der Waals surface area contributed by atoms with E-state index < -0.39 is 0 Å². The fourth-order valence-corrected chi connectivity index (χ4v) is 4.49. The maximum absolute atomic E-state index is 12.3. The summed E-state index contributed by atoms with van der Waals surface area (Å²) in [6.07, 6.45) is 2.59. The van der Waals surface area contributed by atoms with Gasteiger partial charge in [-0.05, 0) is 30.5 Å². The van der Waals surface area contributed by atoms with Crippen LogP contribution in [0.1, 0.15) is 41.9 Å². The number of amides is 1. The first kappa shape index (κ1) is 13.9. The quantitative estimate of drug-likeness (QED) is 0.801. The third-order valence-corrected chi connectivity index (χ3v) is 5.63. The molecule has 3 aliphatic heterocycles. The number of nitrogens with zero attached hydrogens (tertiary/aromatic N) is 1. The normalized spacial score (nSPS) is 23.7. The van der Waals surface area contributed by atoms with E-state index in [0.717, 1.165) is 30.1 Å². The zero-order valence-corrected chi connectivity index (χ0v) is 13.6. The van der Waals surface area contributed by atoms with Gasteiger partial charge < -0.3 is 14.4 Å². The van der Waals surface area contributed by atoms with Crippen molar-refractivity contribution in [3.63, 3.8) is 0 Å². The third kappa shape index (κ3) is 1.83. The molecule has 4 heteroatoms. The summed E-state index contributed by atoms with van der Waals surface area (Å²) in [4.78, 5) is 14.4. The van der Waals surface area contributed by atoms with Crippen molar-refractivity contribution >= 4 is 5.91 Å². The second-order valence-corrected chi connectivity index (χ2v) is 6.81. The molecule has 3 aliphatic rings. The van der Waals surface area contributed by atoms with Gasteiger partial charge in [-0.15, -0.1) is 0 Å². The van der Waals surface area contributed by atoms with Crippen LogP contribution in [0, 0.1) is 0 Å². The molecule has 1 saturated heterocycles. The fraction of sp³-hybridized carbons (Fsp3) is 0.350. The van der Waals surface area contributed by atoms with Crippen molar-refractivity contribution in [1.82, 2.24) is 4.90 Å². The highest BCUT2D eigenvalue weighted by atomic mass is 16.5. The number of para-hydroxylation sites is 1. The summed E-state index contributed by atoms with van der Waals surface area (Å²) in [5.41, 5.74) is 3.61. The van der Waals surface area contributed by atoms with Crippen molar-refractivity contribution in [2.24, 2.45) is 0 Å². The first-order valence-corrected chi connectivity index (χ1v) is 8.52. The van der Waals surface area contributed by atoms with Gasteiger partial charge in [0, 0.05) is 36.1 Å². The summed E-state index contributed by atoms with van der Waals surface area (Å²) in [5.74, 6) is 3.03. The number of carbonyl (C=O) groups excluding carboxylic acids is 1. The second kappa shape index (κ2) is 5.00. The molecule has 0 spiro atoms. The number of rotatable bonds is 1. The molecule has 1 fully saturated rings. The van der Waals surface area contributed by atoms with Gasteiger partial charge in [-0.3, -0.25) is 4.79 Å². The highest BCUT2D eigenvalue weighted by Crippen LogP contribution is 2.53. The monoisotopic (exact) mass is 321 g/mol. The van der Waals surface area contributed by atoms with Crippen LogP contribution < -0.4 is 9.47 Å². The van der Waals surface area contributed by atoms with Crippen LogP contribution >= 0.6 is 0 Å². The molecular weight excluding hydrogens is 302 g/mol. The summed E-state index contributed by atoms with van der Waals surface area (Å²) in [5, 5.41) is 0. The Hall–Kier alpha value is -2.49. The Kier molecular flexibility index (Phi) is 2.90. The maximum atomic E-state index is 12.3. The zero-order chi connectivity index (χ0) is 16.3. The van der Waals surface area contributed by atoms with Crippen LogP contribution in [-0.4, -0.2) is 24.0 Å². The first-order valence-electron chi connectivity index (χ1n) is 8.52. The van der Waals surface area contributed by atoms with Crippen molar-refractivity contribution in [3.8, 4) is 17.2 Å². The van der Waals surface area contributed by atoms with E-state index in [0.29, 0.717) is 19.0 Å². The molecule has 0 unspecified atom stereocenters. The van der Waals surface area contributed by atoms with Gasteiger partial charge in [0.15, 0.2) is 11.5 Å². The molecule has 24 heavy (non-hydrogen) atoms. The summed E-state index contributed by atoms with van der Waals surface area (Å²) in [7, 11) is 1.68. The molecule has 5 rings (SSSR count). The Labute approximate surface area is 141 Å². The molecule has 1 amide bonds. The average Bonchev–Trinajstić information content (AvgIpc) is 2.85. The molecule has 2 aromatic carbocycles. The topological polar surface area (TPSA) is 38.8 Å². The van der Waals surface area contributed by atoms with Crippen molar-refractivity contribution < 1.29 is 14.3 Å². The predicted octanol–water partition coefficient (Wildman–Crippen LogP) is 3.83. The van der Waals surface area contributed by atoms with Gasteiger partial charge in [0.2, 0.25) is 5.91 Å². The van der Waals surface area contributed by atoms with Gasteiger partial charge in [-0.2, -0.15) is 0 Å². The third-order valence-electron chi connectivity index (χ3n) is 5.63. The number of hydrogen-bond donors (Lipinski definition) is 0. The molecule has 2 aromatic rings. The van der Waals surface area contributed by atoms with Crippen LogP contribution in [0.15, 0.2) is 36.4 Å². The van der Waals surface area contributed by atoms with Crippen LogP contribution in [0.2, 0.25) is 0 Å². The van der Waals surface area contributed by atoms with E-state index >= 15 is 0 Å². The largest absolute Gasteiger partial charge is 0.493 e. The zero-order valence-electron chi connectivity index (χ0n) is 13.6. The number of benzene rings is 2. The number of hydrogen-bond acceptors (Lipinski definition) is 3. The Morgan fingerprint density at radius 1 is 1.21 bits per heavy atom. The Balaban J connectivity index is 1.74. The lowest BCUT2D eigenvalue weighted by Gasteiger charge is -2.30. The minimum absolute atomic E-state index is 0.260. The number of fused-ring (bicyclic) bond motifs is 3. The van der Waals surface area contributed by atoms with Crippen molar-refractivity contribution in [3.05, 3.63) is 53.1 Å². The molecule has 2 atom stereocenters. The van der Waals surface area contributed by atoms with Gasteiger partial charge in [0.25, 0.3) is 0 Å². The molecule has 4 nitrogen and oxygen atoms in total. The van der Waals surface area contributed by atoms with Gasteiger partial charge in [0.05, 0.1) is 7.11 Å². The highest BCUT2D eigenvalue weighted by molar-refractivity contribution is 5.79. The average molecular weight is 321 g/mol. The van der Waals surface area contributed by atoms with E-state index in [-0.39, 0.29) is 11.8 Å². The van der Waals surface area contributed by atoms with Crippen molar-refractivity contribution in [2.45, 2.75) is 37.8 Å². The SMILES string of the molecule is COc1ccc2c3c1Oc1ccccc1[C@H]3C[C@@H]1CCC(=O)N1C2. The van der Waals surface area contributed by atoms with E-state index in [4.69, 9.17) is 9.47 Å². The van der Waals surface area contributed by atoms with Crippen LogP contribution in [0.5, 0.6) is 17.2 Å². The molecule has 0 aliphatic carbocycles. The minimum atomic E-state index is 0.260. The summed E-state index contributed by atoms with van der Waals surface area (Å²) >= 11 is 0. The smallest absolute Gasteiger partial charge is 0.223 e. The number of carbonyl (C=O) groups is 1. The van der Waals surface area contributed by atoms with E-state index in [2.05, 4.69) is 23.1 Å². The molecule has 3 heterocycles. The molecule has 0 aromatic heterocycles. The van der Waals surface area contributed by atoms with Crippen LogP contribution in [0.4, 0.5) is 0 Å². The molecule has 0 radical (unpaired) electrons. The molecule has 0 N–H and O–H groups in total. The molecule has 0 saturated carbocycles. The molecule has 122 valence electrons. The van der Waals surface area contributed by atoms with Crippen molar-refractivity contribution in [1.29, 1.82) is 0 Å². The first-order chi connectivity index (χ1) is 11.8. The second-order valence-electron chi connectivity index (χ2n) is 6.81. The van der Waals surface area contributed by atoms with Gasteiger partial charge in [-0.1, -0.05) is 24.3 Å². The molecule has 0 bridgehead atoms. The maximum Gasteiger partial charge on any atom is 0.223 e. The summed E-state index contributed by atoms with van der Waals surface area (Å²) in [6, 6.07) is 12.6. The highest BCUT2D eigenvalue weighted by Gasteiger charge is 2.41. The lowest BCUT2D eigenvalue weighted by molar-refractivity contribution is -0.129. The van der Waals surface area contributed by atoms with Gasteiger partial charge >= 0.3 is 0 Å². The standard InChI is InChI=1S/C20H19NO3/c1-23-17-8-6-12-11-21-13(7-9-18(21)22)10-15-14-4-2-3-5-16(14)24-20(17)19(12)15/h2-6,8,13,15H,7,9-11H2,1H3/t13-,15+/m0/s1. The fourth-order valence-electron chi connectivity index (χ4n) is 4.49. The Morgan fingerprint density at radius 2 is 2.08 bits per heavy atom. The molecular formula is C20H19NO3. The minimum Gasteiger partial charge on any atom is -0.493 e. The van der Waals surface area contributed by atoms with Crippen molar-refractivity contribution in [2.75, 3.05) is 7.11 Å². The number of ether oxygens (including phenoxy) is 2. The van der Waals surface area contributed by atoms with Crippen LogP contribution in [0.25, 0.3) is 0 Å². The van der Waals surface area contributed by atoms with Crippen LogP contribution in [0.3, 0.4) is 0 Å². The van der Waals surface area contributed by atoms with E-state index in [9.17, 15) is 4.79 Å². The Bertz CT molecular complexity index is 845. The summed E-state index contributed by atoms with van der Waals surface area (Å²) in [6.45, 7) is 0.678. The van der Waals surface area contributed by atoms with E-state index in [1.165, 1.54) is 16.7 Å².